The van der Waals surface area contributed by atoms with Gasteiger partial charge in [-0.1, -0.05) is 23.7 Å². The van der Waals surface area contributed by atoms with Gasteiger partial charge in [0.2, 0.25) is 0 Å². The van der Waals surface area contributed by atoms with Gasteiger partial charge < -0.3 is 11.1 Å². The molecule has 0 fully saturated rings. The number of nitrogen functional groups attached to an aromatic ring is 1. The molecule has 0 aliphatic rings. The van der Waals surface area contributed by atoms with Crippen LogP contribution in [-0.2, 0) is 0 Å². The molecule has 98 valence electrons. The number of nitrogens with one attached hydrogen (secondary N) is 1. The molecule has 0 saturated carbocycles. The zero-order valence-electron chi connectivity index (χ0n) is 10.4. The number of nitrogens with two attached hydrogens (primary N) is 1. The lowest BCUT2D eigenvalue weighted by molar-refractivity contribution is 0.0935. The summed E-state index contributed by atoms with van der Waals surface area (Å²) in [7, 11) is 0. The summed E-state index contributed by atoms with van der Waals surface area (Å²) in [5.41, 5.74) is 7.66. The fourth-order valence-electron chi connectivity index (χ4n) is 1.69. The minimum atomic E-state index is -0.244. The van der Waals surface area contributed by atoms with Gasteiger partial charge in [0.15, 0.2) is 0 Å². The van der Waals surface area contributed by atoms with E-state index >= 15 is 0 Å². The van der Waals surface area contributed by atoms with Crippen LogP contribution in [0, 0.1) is 0 Å². The Balaban J connectivity index is 2.08. The molecule has 0 spiro atoms. The van der Waals surface area contributed by atoms with Crippen LogP contribution in [-0.4, -0.2) is 10.9 Å². The summed E-state index contributed by atoms with van der Waals surface area (Å²) in [6, 6.07) is 10.5. The van der Waals surface area contributed by atoms with E-state index in [4.69, 9.17) is 17.3 Å². The van der Waals surface area contributed by atoms with Crippen molar-refractivity contribution in [3.8, 4) is 0 Å². The molecular formula is C14H14ClN3O. The van der Waals surface area contributed by atoms with Crippen LogP contribution in [0.5, 0.6) is 0 Å². The molecule has 1 atom stereocenters. The molecule has 1 amide bonds. The van der Waals surface area contributed by atoms with E-state index in [1.807, 2.05) is 25.1 Å². The molecule has 0 radical (unpaired) electrons. The molecule has 1 heterocycles. The zero-order valence-corrected chi connectivity index (χ0v) is 11.2. The first kappa shape index (κ1) is 13.4. The van der Waals surface area contributed by atoms with Gasteiger partial charge in [-0.05, 0) is 36.8 Å². The van der Waals surface area contributed by atoms with E-state index in [2.05, 4.69) is 10.3 Å². The lowest BCUT2D eigenvalue weighted by Crippen LogP contribution is -2.27. The molecule has 2 rings (SSSR count). The number of carbonyl (C=O) groups excluding carboxylic acids is 1. The Morgan fingerprint density at radius 3 is 2.79 bits per heavy atom. The number of benzene rings is 1. The quantitative estimate of drug-likeness (QED) is 0.847. The van der Waals surface area contributed by atoms with Gasteiger partial charge in [-0.25, -0.2) is 4.98 Å². The maximum Gasteiger partial charge on any atom is 0.270 e. The number of aromatic nitrogens is 1. The van der Waals surface area contributed by atoms with E-state index < -0.39 is 0 Å². The van der Waals surface area contributed by atoms with Gasteiger partial charge in [0.25, 0.3) is 5.91 Å². The normalized spacial score (nSPS) is 11.9. The van der Waals surface area contributed by atoms with Gasteiger partial charge >= 0.3 is 0 Å². The van der Waals surface area contributed by atoms with Crippen molar-refractivity contribution in [3.63, 3.8) is 0 Å². The summed E-state index contributed by atoms with van der Waals surface area (Å²) in [6.07, 6.45) is 1.45. The van der Waals surface area contributed by atoms with Gasteiger partial charge in [-0.2, -0.15) is 0 Å². The Morgan fingerprint density at radius 1 is 1.37 bits per heavy atom. The second kappa shape index (κ2) is 5.71. The van der Waals surface area contributed by atoms with Crippen LogP contribution in [0.4, 0.5) is 5.69 Å². The van der Waals surface area contributed by atoms with Gasteiger partial charge in [0.1, 0.15) is 5.69 Å². The summed E-state index contributed by atoms with van der Waals surface area (Å²) < 4.78 is 0. The molecule has 1 unspecified atom stereocenters. The maximum absolute atomic E-state index is 12.0. The third-order valence-corrected chi connectivity index (χ3v) is 2.94. The number of carbonyl (C=O) groups is 1. The Bertz CT molecular complexity index is 583. The Morgan fingerprint density at radius 2 is 2.16 bits per heavy atom. The van der Waals surface area contributed by atoms with E-state index in [9.17, 15) is 4.79 Å². The standard InChI is InChI=1S/C14H14ClN3O/c1-9(10-3-2-4-12(16)7-10)18-14(19)13-6-5-11(15)8-17-13/h2-9H,16H2,1H3,(H,18,19). The number of amides is 1. The van der Waals surface area contributed by atoms with Crippen LogP contribution < -0.4 is 11.1 Å². The predicted molar refractivity (Wildman–Crippen MR) is 76.0 cm³/mol. The molecule has 19 heavy (non-hydrogen) atoms. The summed E-state index contributed by atoms with van der Waals surface area (Å²) in [5.74, 6) is -0.244. The number of halogens is 1. The maximum atomic E-state index is 12.0. The van der Waals surface area contributed by atoms with Crippen molar-refractivity contribution >= 4 is 23.2 Å². The highest BCUT2D eigenvalue weighted by atomic mass is 35.5. The Labute approximate surface area is 116 Å². The molecule has 0 bridgehead atoms. The molecule has 1 aromatic heterocycles. The molecule has 4 nitrogen and oxygen atoms in total. The Kier molecular flexibility index (Phi) is 4.02. The van der Waals surface area contributed by atoms with E-state index in [0.717, 1.165) is 5.56 Å². The van der Waals surface area contributed by atoms with E-state index in [1.54, 1.807) is 18.2 Å². The first-order valence-corrected chi connectivity index (χ1v) is 6.22. The zero-order chi connectivity index (χ0) is 13.8. The molecule has 0 aliphatic heterocycles. The number of rotatable bonds is 3. The number of pyridine rings is 1. The summed E-state index contributed by atoms with van der Waals surface area (Å²) in [5, 5.41) is 3.36. The monoisotopic (exact) mass is 275 g/mol. The van der Waals surface area contributed by atoms with E-state index in [-0.39, 0.29) is 11.9 Å². The highest BCUT2D eigenvalue weighted by Gasteiger charge is 2.12. The average molecular weight is 276 g/mol. The molecule has 1 aromatic carbocycles. The topological polar surface area (TPSA) is 68.0 Å². The van der Waals surface area contributed by atoms with Crippen molar-refractivity contribution in [3.05, 3.63) is 58.9 Å². The molecular weight excluding hydrogens is 262 g/mol. The average Bonchev–Trinajstić information content (AvgIpc) is 2.39. The number of hydrogen-bond donors (Lipinski definition) is 2. The van der Waals surface area contributed by atoms with Gasteiger partial charge in [0, 0.05) is 11.9 Å². The minimum absolute atomic E-state index is 0.145. The van der Waals surface area contributed by atoms with Crippen molar-refractivity contribution in [2.75, 3.05) is 5.73 Å². The van der Waals surface area contributed by atoms with Crippen molar-refractivity contribution < 1.29 is 4.79 Å². The van der Waals surface area contributed by atoms with Crippen LogP contribution in [0.25, 0.3) is 0 Å². The van der Waals surface area contributed by atoms with Crippen LogP contribution in [0.2, 0.25) is 5.02 Å². The highest BCUT2D eigenvalue weighted by Crippen LogP contribution is 2.16. The van der Waals surface area contributed by atoms with Gasteiger partial charge in [-0.3, -0.25) is 4.79 Å². The van der Waals surface area contributed by atoms with Crippen molar-refractivity contribution in [2.45, 2.75) is 13.0 Å². The molecule has 0 saturated heterocycles. The fourth-order valence-corrected chi connectivity index (χ4v) is 1.80. The lowest BCUT2D eigenvalue weighted by Gasteiger charge is -2.14. The third kappa shape index (κ3) is 3.45. The summed E-state index contributed by atoms with van der Waals surface area (Å²) >= 11 is 5.73. The van der Waals surface area contributed by atoms with Crippen LogP contribution in [0.15, 0.2) is 42.6 Å². The molecule has 3 N–H and O–H groups in total. The van der Waals surface area contributed by atoms with E-state index in [0.29, 0.717) is 16.4 Å². The highest BCUT2D eigenvalue weighted by molar-refractivity contribution is 6.30. The predicted octanol–water partition coefficient (Wildman–Crippen LogP) is 2.81. The van der Waals surface area contributed by atoms with E-state index in [1.165, 1.54) is 6.20 Å². The smallest absolute Gasteiger partial charge is 0.270 e. The number of nitrogens with zero attached hydrogens (tertiary/aromatic N) is 1. The summed E-state index contributed by atoms with van der Waals surface area (Å²) in [4.78, 5) is 16.0. The second-order valence-electron chi connectivity index (χ2n) is 4.23. The van der Waals surface area contributed by atoms with Crippen molar-refractivity contribution in [2.24, 2.45) is 0 Å². The molecule has 0 aliphatic carbocycles. The Hall–Kier alpha value is -2.07. The van der Waals surface area contributed by atoms with Crippen LogP contribution in [0.3, 0.4) is 0 Å². The first-order chi connectivity index (χ1) is 9.06. The van der Waals surface area contributed by atoms with Gasteiger partial charge in [-0.15, -0.1) is 0 Å². The fraction of sp³-hybridized carbons (Fsp3) is 0.143. The van der Waals surface area contributed by atoms with Crippen LogP contribution >= 0.6 is 11.6 Å². The third-order valence-electron chi connectivity index (χ3n) is 2.72. The SMILES string of the molecule is CC(NC(=O)c1ccc(Cl)cn1)c1cccc(N)c1. The first-order valence-electron chi connectivity index (χ1n) is 5.84. The van der Waals surface area contributed by atoms with Gasteiger partial charge in [0.05, 0.1) is 11.1 Å². The van der Waals surface area contributed by atoms with Crippen molar-refractivity contribution in [1.29, 1.82) is 0 Å². The number of anilines is 1. The largest absolute Gasteiger partial charge is 0.399 e. The van der Waals surface area contributed by atoms with Crippen LogP contribution in [0.1, 0.15) is 29.0 Å². The van der Waals surface area contributed by atoms with Crippen molar-refractivity contribution in [1.82, 2.24) is 10.3 Å². The minimum Gasteiger partial charge on any atom is -0.399 e. The summed E-state index contributed by atoms with van der Waals surface area (Å²) in [6.45, 7) is 1.89. The lowest BCUT2D eigenvalue weighted by atomic mass is 10.1. The molecule has 2 aromatic rings. The number of hydrogen-bond acceptors (Lipinski definition) is 3. The molecule has 5 heteroatoms. The second-order valence-corrected chi connectivity index (χ2v) is 4.66.